The van der Waals surface area contributed by atoms with Crippen molar-refractivity contribution in [3.05, 3.63) is 46.5 Å². The van der Waals surface area contributed by atoms with E-state index in [1.54, 1.807) is 0 Å². The van der Waals surface area contributed by atoms with E-state index < -0.39 is 0 Å². The maximum Gasteiger partial charge on any atom is 0.0326 e. The highest BCUT2D eigenvalue weighted by Crippen LogP contribution is 2.35. The Labute approximate surface area is 116 Å². The highest BCUT2D eigenvalue weighted by atomic mass is 79.9. The predicted molar refractivity (Wildman–Crippen MR) is 80.7 cm³/mol. The summed E-state index contributed by atoms with van der Waals surface area (Å²) in [5.41, 5.74) is 2.97. The van der Waals surface area contributed by atoms with Gasteiger partial charge in [-0.1, -0.05) is 34.1 Å². The second-order valence-electron chi connectivity index (χ2n) is 4.22. The van der Waals surface area contributed by atoms with Crippen LogP contribution in [0.3, 0.4) is 0 Å². The van der Waals surface area contributed by atoms with E-state index in [9.17, 15) is 0 Å². The van der Waals surface area contributed by atoms with Gasteiger partial charge in [0, 0.05) is 28.6 Å². The van der Waals surface area contributed by atoms with Gasteiger partial charge in [-0.2, -0.15) is 11.8 Å². The minimum atomic E-state index is 0.548. The molecule has 0 radical (unpaired) electrons. The van der Waals surface area contributed by atoms with Crippen molar-refractivity contribution in [3.8, 4) is 0 Å². The second kappa shape index (κ2) is 6.62. The van der Waals surface area contributed by atoms with Gasteiger partial charge >= 0.3 is 0 Å². The van der Waals surface area contributed by atoms with Crippen LogP contribution in [0.4, 0.5) is 0 Å². The fourth-order valence-electron chi connectivity index (χ4n) is 2.29. The van der Waals surface area contributed by atoms with E-state index >= 15 is 0 Å². The van der Waals surface area contributed by atoms with Crippen molar-refractivity contribution in [1.29, 1.82) is 0 Å². The van der Waals surface area contributed by atoms with Crippen LogP contribution >= 0.6 is 27.7 Å². The lowest BCUT2D eigenvalue weighted by atomic mass is 10.1. The van der Waals surface area contributed by atoms with Crippen LogP contribution in [0.1, 0.15) is 23.6 Å². The summed E-state index contributed by atoms with van der Waals surface area (Å²) in [5, 5.41) is 3.65. The van der Waals surface area contributed by atoms with E-state index in [0.29, 0.717) is 6.04 Å². The lowest BCUT2D eigenvalue weighted by molar-refractivity contribution is 0.552. The number of hydrogen-bond donors (Lipinski definition) is 1. The van der Waals surface area contributed by atoms with E-state index in [-0.39, 0.29) is 0 Å². The molecule has 1 nitrogen and oxygen atoms in total. The van der Waals surface area contributed by atoms with Gasteiger partial charge in [0.2, 0.25) is 0 Å². The van der Waals surface area contributed by atoms with E-state index in [1.807, 2.05) is 17.8 Å². The molecule has 1 atom stereocenters. The normalized spacial score (nSPS) is 18.1. The van der Waals surface area contributed by atoms with E-state index in [1.165, 1.54) is 28.4 Å². The minimum absolute atomic E-state index is 0.548. The van der Waals surface area contributed by atoms with Crippen LogP contribution in [0.15, 0.2) is 35.3 Å². The number of benzene rings is 1. The molecule has 3 heteroatoms. The van der Waals surface area contributed by atoms with Crippen LogP contribution in [-0.4, -0.2) is 18.1 Å². The summed E-state index contributed by atoms with van der Waals surface area (Å²) in [6.07, 6.45) is 4.38. The molecule has 1 N–H and O–H groups in total. The first-order valence-corrected chi connectivity index (χ1v) is 7.97. The Balaban J connectivity index is 1.85. The lowest BCUT2D eigenvalue weighted by Crippen LogP contribution is -2.21. The molecule has 2 rings (SSSR count). The summed E-state index contributed by atoms with van der Waals surface area (Å²) in [6.45, 7) is 4.81. The Bertz CT molecular complexity index is 392. The molecule has 0 fully saturated rings. The van der Waals surface area contributed by atoms with Crippen LogP contribution in [0.5, 0.6) is 0 Å². The minimum Gasteiger partial charge on any atom is -0.309 e. The molecule has 0 amide bonds. The van der Waals surface area contributed by atoms with Crippen LogP contribution in [0, 0.1) is 0 Å². The maximum absolute atomic E-state index is 3.73. The molecule has 92 valence electrons. The van der Waals surface area contributed by atoms with Gasteiger partial charge in [-0.05, 0) is 30.0 Å². The van der Waals surface area contributed by atoms with E-state index in [2.05, 4.69) is 46.0 Å². The Morgan fingerprint density at radius 3 is 3.24 bits per heavy atom. The molecule has 1 aromatic carbocycles. The Morgan fingerprint density at radius 1 is 1.53 bits per heavy atom. The number of thioether (sulfide) groups is 1. The first-order valence-electron chi connectivity index (χ1n) is 6.02. The monoisotopic (exact) mass is 311 g/mol. The molecule has 1 aromatic rings. The van der Waals surface area contributed by atoms with Crippen molar-refractivity contribution >= 4 is 27.7 Å². The molecule has 0 aromatic heterocycles. The molecule has 0 spiro atoms. The number of nitrogens with one attached hydrogen (secondary N) is 1. The van der Waals surface area contributed by atoms with Crippen molar-refractivity contribution in [3.63, 3.8) is 0 Å². The molecule has 0 heterocycles. The topological polar surface area (TPSA) is 12.0 Å². The van der Waals surface area contributed by atoms with E-state index in [4.69, 9.17) is 0 Å². The molecular formula is C14H18BrNS. The predicted octanol–water partition coefficient (Wildman–Crippen LogP) is 3.95. The first-order chi connectivity index (χ1) is 8.33. The van der Waals surface area contributed by atoms with Gasteiger partial charge in [-0.25, -0.2) is 0 Å². The third-order valence-corrected chi connectivity index (χ3v) is 4.79. The molecular weight excluding hydrogens is 294 g/mol. The fourth-order valence-corrected chi connectivity index (χ4v) is 3.47. The molecule has 0 saturated heterocycles. The summed E-state index contributed by atoms with van der Waals surface area (Å²) in [4.78, 5) is 0. The van der Waals surface area contributed by atoms with Crippen LogP contribution in [0.25, 0.3) is 0 Å². The Kier molecular flexibility index (Phi) is 5.14. The zero-order valence-electron chi connectivity index (χ0n) is 9.92. The zero-order valence-corrected chi connectivity index (χ0v) is 12.3. The van der Waals surface area contributed by atoms with Gasteiger partial charge in [-0.3, -0.25) is 0 Å². The van der Waals surface area contributed by atoms with Crippen LogP contribution < -0.4 is 5.32 Å². The number of fused-ring (bicyclic) bond motifs is 1. The van der Waals surface area contributed by atoms with Gasteiger partial charge in [-0.15, -0.1) is 6.58 Å². The van der Waals surface area contributed by atoms with Crippen molar-refractivity contribution in [2.75, 3.05) is 18.1 Å². The maximum atomic E-state index is 3.73. The molecule has 0 bridgehead atoms. The summed E-state index contributed by atoms with van der Waals surface area (Å²) >= 11 is 5.57. The first kappa shape index (κ1) is 13.2. The molecule has 1 unspecified atom stereocenters. The second-order valence-corrected chi connectivity index (χ2v) is 6.22. The van der Waals surface area contributed by atoms with Crippen LogP contribution in [-0.2, 0) is 6.42 Å². The fraction of sp³-hybridized carbons (Fsp3) is 0.429. The van der Waals surface area contributed by atoms with Crippen molar-refractivity contribution in [2.45, 2.75) is 18.9 Å². The average Bonchev–Trinajstić information content (AvgIpc) is 2.74. The molecule has 0 aliphatic heterocycles. The Morgan fingerprint density at radius 2 is 2.41 bits per heavy atom. The summed E-state index contributed by atoms with van der Waals surface area (Å²) in [7, 11) is 0. The number of halogens is 1. The summed E-state index contributed by atoms with van der Waals surface area (Å²) in [5.74, 6) is 2.21. The van der Waals surface area contributed by atoms with Crippen molar-refractivity contribution in [2.24, 2.45) is 0 Å². The standard InChI is InChI=1S/C14H18BrNS/c1-2-9-17-10-8-16-14-7-6-11-12(14)4-3-5-13(11)15/h2-5,14,16H,1,6-10H2. The smallest absolute Gasteiger partial charge is 0.0326 e. The SMILES string of the molecule is C=CCSCCNC1CCc2c(Br)cccc21. The third kappa shape index (κ3) is 3.36. The molecule has 1 aliphatic rings. The average molecular weight is 312 g/mol. The molecule has 0 saturated carbocycles. The Hall–Kier alpha value is -0.250. The highest BCUT2D eigenvalue weighted by molar-refractivity contribution is 9.10. The molecule has 1 aliphatic carbocycles. The number of hydrogen-bond acceptors (Lipinski definition) is 2. The van der Waals surface area contributed by atoms with Gasteiger partial charge in [0.15, 0.2) is 0 Å². The summed E-state index contributed by atoms with van der Waals surface area (Å²) in [6, 6.07) is 7.07. The third-order valence-electron chi connectivity index (χ3n) is 3.09. The zero-order chi connectivity index (χ0) is 12.1. The van der Waals surface area contributed by atoms with E-state index in [0.717, 1.165) is 18.1 Å². The van der Waals surface area contributed by atoms with Crippen molar-refractivity contribution in [1.82, 2.24) is 5.32 Å². The quantitative estimate of drug-likeness (QED) is 0.631. The van der Waals surface area contributed by atoms with Gasteiger partial charge in [0.1, 0.15) is 0 Å². The molecule has 17 heavy (non-hydrogen) atoms. The largest absolute Gasteiger partial charge is 0.309 e. The highest BCUT2D eigenvalue weighted by Gasteiger charge is 2.22. The van der Waals surface area contributed by atoms with Gasteiger partial charge in [0.25, 0.3) is 0 Å². The van der Waals surface area contributed by atoms with Gasteiger partial charge < -0.3 is 5.32 Å². The van der Waals surface area contributed by atoms with Crippen molar-refractivity contribution < 1.29 is 0 Å². The summed E-state index contributed by atoms with van der Waals surface area (Å²) < 4.78 is 1.26. The van der Waals surface area contributed by atoms with Crippen LogP contribution in [0.2, 0.25) is 0 Å². The lowest BCUT2D eigenvalue weighted by Gasteiger charge is -2.13. The number of rotatable bonds is 6. The van der Waals surface area contributed by atoms with Gasteiger partial charge in [0.05, 0.1) is 0 Å².